The fourth-order valence-corrected chi connectivity index (χ4v) is 6.24. The van der Waals surface area contributed by atoms with E-state index in [1.54, 1.807) is 91.2 Å². The number of carbonyl (C=O) groups excluding carboxylic acids is 3. The minimum absolute atomic E-state index is 0.0268. The molecule has 14 heteroatoms. The number of thiazole rings is 1. The topological polar surface area (TPSA) is 162 Å². The quantitative estimate of drug-likeness (QED) is 0.0494. The summed E-state index contributed by atoms with van der Waals surface area (Å²) in [6.07, 6.45) is 1.52. The van der Waals surface area contributed by atoms with Gasteiger partial charge in [0.25, 0.3) is 17.5 Å². The number of rotatable bonds is 13. The predicted molar refractivity (Wildman–Crippen MR) is 195 cm³/mol. The number of ether oxygens (including phenoxy) is 2. The van der Waals surface area contributed by atoms with Crippen molar-refractivity contribution in [3.8, 4) is 22.8 Å². The van der Waals surface area contributed by atoms with Crippen molar-refractivity contribution < 1.29 is 28.8 Å². The Bertz CT molecular complexity index is 2070. The minimum atomic E-state index is -0.580. The molecule has 0 saturated heterocycles. The molecule has 50 heavy (non-hydrogen) atoms. The van der Waals surface area contributed by atoms with E-state index in [4.69, 9.17) is 9.47 Å². The number of nitro benzene ring substituents is 1. The molecule has 5 rings (SSSR count). The Labute approximate surface area is 295 Å². The molecular formula is C36H31N5O7S2. The molecule has 0 aliphatic carbocycles. The first-order valence-corrected chi connectivity index (χ1v) is 16.8. The van der Waals surface area contributed by atoms with Gasteiger partial charge in [-0.1, -0.05) is 36.4 Å². The Hall–Kier alpha value is -5.99. The Kier molecular flexibility index (Phi) is 11.6. The fourth-order valence-electron chi connectivity index (χ4n) is 4.59. The number of anilines is 2. The average Bonchev–Trinajstić information content (AvgIpc) is 3.60. The molecule has 1 atom stereocenters. The molecular weight excluding hydrogens is 679 g/mol. The van der Waals surface area contributed by atoms with Crippen molar-refractivity contribution in [2.75, 3.05) is 24.9 Å². The highest BCUT2D eigenvalue weighted by molar-refractivity contribution is 8.00. The summed E-state index contributed by atoms with van der Waals surface area (Å²) in [5.41, 5.74) is 2.35. The maximum absolute atomic E-state index is 13.6. The average molecular weight is 710 g/mol. The molecule has 5 aromatic rings. The third-order valence-corrected chi connectivity index (χ3v) is 8.98. The summed E-state index contributed by atoms with van der Waals surface area (Å²) in [5, 5.41) is 21.0. The Balaban J connectivity index is 1.28. The number of nitrogens with zero attached hydrogens (tertiary/aromatic N) is 2. The highest BCUT2D eigenvalue weighted by Crippen LogP contribution is 2.31. The number of amides is 3. The van der Waals surface area contributed by atoms with Crippen LogP contribution in [-0.2, 0) is 9.59 Å². The van der Waals surface area contributed by atoms with Gasteiger partial charge in [-0.25, -0.2) is 4.98 Å². The molecule has 0 aliphatic heterocycles. The van der Waals surface area contributed by atoms with Crippen LogP contribution in [0.15, 0.2) is 113 Å². The third kappa shape index (κ3) is 9.12. The van der Waals surface area contributed by atoms with Crippen molar-refractivity contribution in [3.05, 3.63) is 129 Å². The van der Waals surface area contributed by atoms with Gasteiger partial charge < -0.3 is 25.4 Å². The molecule has 0 fully saturated rings. The SMILES string of the molecule is COc1ccc(/C=C(/NC(=O)c2ccccc2)C(=O)Nc2cccc(SC(C)C(=O)Nc3nc(-c4cccc([N+](=O)[O-])c4)cs3)c2)c(OC)c1. The third-order valence-electron chi connectivity index (χ3n) is 7.13. The lowest BCUT2D eigenvalue weighted by Crippen LogP contribution is -2.30. The summed E-state index contributed by atoms with van der Waals surface area (Å²) in [4.78, 5) is 55.6. The lowest BCUT2D eigenvalue weighted by atomic mass is 10.1. The lowest BCUT2D eigenvalue weighted by molar-refractivity contribution is -0.384. The van der Waals surface area contributed by atoms with Crippen LogP contribution >= 0.6 is 23.1 Å². The maximum Gasteiger partial charge on any atom is 0.272 e. The van der Waals surface area contributed by atoms with Gasteiger partial charge in [-0.2, -0.15) is 0 Å². The van der Waals surface area contributed by atoms with E-state index in [-0.39, 0.29) is 17.3 Å². The van der Waals surface area contributed by atoms with Gasteiger partial charge >= 0.3 is 0 Å². The zero-order valence-electron chi connectivity index (χ0n) is 27.0. The molecule has 0 bridgehead atoms. The van der Waals surface area contributed by atoms with E-state index in [2.05, 4.69) is 20.9 Å². The Morgan fingerprint density at radius 1 is 0.920 bits per heavy atom. The number of nitrogens with one attached hydrogen (secondary N) is 3. The van der Waals surface area contributed by atoms with Crippen LogP contribution in [0.25, 0.3) is 17.3 Å². The molecule has 4 aromatic carbocycles. The van der Waals surface area contributed by atoms with Crippen LogP contribution in [-0.4, -0.2) is 47.1 Å². The Morgan fingerprint density at radius 2 is 1.70 bits per heavy atom. The van der Waals surface area contributed by atoms with Crippen molar-refractivity contribution in [1.29, 1.82) is 0 Å². The standard InChI is InChI=1S/C36H31N5O7S2/c1-22(33(42)40-36-39-31(21-49-36)24-11-7-13-27(17-24)41(45)46)50-29-14-8-12-26(19-29)37-35(44)30(38-34(43)23-9-5-4-6-10-23)18-25-15-16-28(47-2)20-32(25)48-3/h4-22H,1-3H3,(H,37,44)(H,38,43)(H,39,40,42)/b30-18+. The van der Waals surface area contributed by atoms with Crippen LogP contribution in [0.1, 0.15) is 22.8 Å². The van der Waals surface area contributed by atoms with Crippen LogP contribution in [0.2, 0.25) is 0 Å². The zero-order chi connectivity index (χ0) is 35.6. The second-order valence-corrected chi connectivity index (χ2v) is 12.8. The van der Waals surface area contributed by atoms with E-state index in [0.717, 1.165) is 0 Å². The van der Waals surface area contributed by atoms with E-state index in [1.807, 2.05) is 6.07 Å². The van der Waals surface area contributed by atoms with Gasteiger partial charge in [-0.15, -0.1) is 23.1 Å². The summed E-state index contributed by atoms with van der Waals surface area (Å²) in [5.74, 6) is -0.351. The second-order valence-electron chi connectivity index (χ2n) is 10.6. The first-order valence-electron chi connectivity index (χ1n) is 15.0. The van der Waals surface area contributed by atoms with Crippen molar-refractivity contribution >= 4 is 63.4 Å². The van der Waals surface area contributed by atoms with Crippen LogP contribution in [0.5, 0.6) is 11.5 Å². The van der Waals surface area contributed by atoms with Crippen molar-refractivity contribution in [2.45, 2.75) is 17.1 Å². The van der Waals surface area contributed by atoms with Crippen LogP contribution in [0.4, 0.5) is 16.5 Å². The fraction of sp³-hybridized carbons (Fsp3) is 0.111. The van der Waals surface area contributed by atoms with Gasteiger partial charge in [0, 0.05) is 50.9 Å². The van der Waals surface area contributed by atoms with E-state index < -0.39 is 22.0 Å². The number of nitro groups is 1. The van der Waals surface area contributed by atoms with E-state index in [1.165, 1.54) is 55.5 Å². The molecule has 0 saturated carbocycles. The number of thioether (sulfide) groups is 1. The van der Waals surface area contributed by atoms with Gasteiger partial charge in [0.15, 0.2) is 5.13 Å². The van der Waals surface area contributed by atoms with Crippen LogP contribution in [0.3, 0.4) is 0 Å². The maximum atomic E-state index is 13.6. The zero-order valence-corrected chi connectivity index (χ0v) is 28.7. The Morgan fingerprint density at radius 3 is 2.44 bits per heavy atom. The van der Waals surface area contributed by atoms with Crippen molar-refractivity contribution in [1.82, 2.24) is 10.3 Å². The lowest BCUT2D eigenvalue weighted by Gasteiger charge is -2.14. The highest BCUT2D eigenvalue weighted by Gasteiger charge is 2.19. The van der Waals surface area contributed by atoms with Gasteiger partial charge in [-0.3, -0.25) is 24.5 Å². The first-order chi connectivity index (χ1) is 24.1. The summed E-state index contributed by atoms with van der Waals surface area (Å²) in [6, 6.07) is 26.7. The molecule has 1 unspecified atom stereocenters. The predicted octanol–water partition coefficient (Wildman–Crippen LogP) is 7.26. The monoisotopic (exact) mass is 709 g/mol. The van der Waals surface area contributed by atoms with E-state index in [9.17, 15) is 24.5 Å². The molecule has 3 amide bonds. The van der Waals surface area contributed by atoms with Crippen LogP contribution in [0, 0.1) is 10.1 Å². The van der Waals surface area contributed by atoms with Crippen LogP contribution < -0.4 is 25.4 Å². The summed E-state index contributed by atoms with van der Waals surface area (Å²) < 4.78 is 10.8. The second kappa shape index (κ2) is 16.4. The molecule has 1 heterocycles. The number of hydrogen-bond acceptors (Lipinski definition) is 10. The van der Waals surface area contributed by atoms with E-state index >= 15 is 0 Å². The summed E-state index contributed by atoms with van der Waals surface area (Å²) in [7, 11) is 3.03. The number of non-ortho nitro benzene ring substituents is 1. The molecule has 3 N–H and O–H groups in total. The number of hydrogen-bond donors (Lipinski definition) is 3. The molecule has 12 nitrogen and oxygen atoms in total. The van der Waals surface area contributed by atoms with Gasteiger partial charge in [0.2, 0.25) is 5.91 Å². The number of benzene rings is 4. The van der Waals surface area contributed by atoms with E-state index in [0.29, 0.717) is 49.6 Å². The number of aromatic nitrogens is 1. The van der Waals surface area contributed by atoms with Gasteiger partial charge in [0.05, 0.1) is 30.1 Å². The molecule has 0 radical (unpaired) electrons. The van der Waals surface area contributed by atoms with Crippen molar-refractivity contribution in [3.63, 3.8) is 0 Å². The van der Waals surface area contributed by atoms with Crippen molar-refractivity contribution in [2.24, 2.45) is 0 Å². The smallest absolute Gasteiger partial charge is 0.272 e. The largest absolute Gasteiger partial charge is 0.497 e. The van der Waals surface area contributed by atoms with Gasteiger partial charge in [-0.05, 0) is 55.5 Å². The highest BCUT2D eigenvalue weighted by atomic mass is 32.2. The molecule has 254 valence electrons. The molecule has 1 aromatic heterocycles. The minimum Gasteiger partial charge on any atom is -0.497 e. The number of carbonyl (C=O) groups is 3. The molecule has 0 spiro atoms. The summed E-state index contributed by atoms with van der Waals surface area (Å²) >= 11 is 2.48. The number of methoxy groups -OCH3 is 2. The summed E-state index contributed by atoms with van der Waals surface area (Å²) in [6.45, 7) is 1.74. The van der Waals surface area contributed by atoms with Gasteiger partial charge in [0.1, 0.15) is 17.2 Å². The first kappa shape index (κ1) is 35.3. The molecule has 0 aliphatic rings. The normalized spacial score (nSPS) is 11.6.